The van der Waals surface area contributed by atoms with Gasteiger partial charge in [0, 0.05) is 11.6 Å². The first-order valence-electron chi connectivity index (χ1n) is 6.64. The van der Waals surface area contributed by atoms with Crippen LogP contribution in [0.1, 0.15) is 33.9 Å². The van der Waals surface area contributed by atoms with Crippen LogP contribution in [0.4, 0.5) is 8.78 Å². The van der Waals surface area contributed by atoms with Crippen LogP contribution in [0.2, 0.25) is 0 Å². The third-order valence-electron chi connectivity index (χ3n) is 3.76. The minimum Gasteiger partial charge on any atom is -0.309 e. The fourth-order valence-electron chi connectivity index (χ4n) is 2.51. The van der Waals surface area contributed by atoms with Gasteiger partial charge >= 0.3 is 0 Å². The molecule has 0 spiro atoms. The maximum Gasteiger partial charge on any atom is 0.131 e. The summed E-state index contributed by atoms with van der Waals surface area (Å²) in [5, 5.41) is 3.12. The number of aryl methyl sites for hydroxylation is 3. The van der Waals surface area contributed by atoms with Crippen LogP contribution in [0.3, 0.4) is 0 Å². The average molecular weight is 275 g/mol. The minimum absolute atomic E-state index is 0.283. The Kier molecular flexibility index (Phi) is 4.19. The quantitative estimate of drug-likeness (QED) is 0.885. The van der Waals surface area contributed by atoms with Crippen LogP contribution >= 0.6 is 0 Å². The second kappa shape index (κ2) is 5.71. The van der Waals surface area contributed by atoms with Gasteiger partial charge in [-0.25, -0.2) is 8.78 Å². The number of nitrogens with one attached hydrogen (secondary N) is 1. The van der Waals surface area contributed by atoms with Crippen molar-refractivity contribution >= 4 is 0 Å². The van der Waals surface area contributed by atoms with Crippen molar-refractivity contribution in [2.24, 2.45) is 0 Å². The number of rotatable bonds is 3. The van der Waals surface area contributed by atoms with Gasteiger partial charge < -0.3 is 5.32 Å². The monoisotopic (exact) mass is 275 g/mol. The molecule has 1 N–H and O–H groups in total. The highest BCUT2D eigenvalue weighted by atomic mass is 19.1. The highest BCUT2D eigenvalue weighted by Gasteiger charge is 2.19. The van der Waals surface area contributed by atoms with Crippen LogP contribution in [0.25, 0.3) is 0 Å². The van der Waals surface area contributed by atoms with E-state index >= 15 is 0 Å². The lowest BCUT2D eigenvalue weighted by atomic mass is 9.91. The lowest BCUT2D eigenvalue weighted by molar-refractivity contribution is 0.551. The summed E-state index contributed by atoms with van der Waals surface area (Å²) in [6.45, 7) is 6.10. The van der Waals surface area contributed by atoms with E-state index in [1.807, 2.05) is 13.8 Å². The molecule has 1 atom stereocenters. The Morgan fingerprint density at radius 3 is 2.10 bits per heavy atom. The summed E-state index contributed by atoms with van der Waals surface area (Å²) in [6.07, 6.45) is 0. The van der Waals surface area contributed by atoms with E-state index in [9.17, 15) is 8.78 Å². The van der Waals surface area contributed by atoms with Crippen LogP contribution in [0, 0.1) is 32.4 Å². The fourth-order valence-corrected chi connectivity index (χ4v) is 2.51. The normalized spacial score (nSPS) is 12.5. The molecule has 106 valence electrons. The first-order chi connectivity index (χ1) is 9.43. The van der Waals surface area contributed by atoms with Gasteiger partial charge in [-0.2, -0.15) is 0 Å². The van der Waals surface area contributed by atoms with Crippen LogP contribution in [-0.2, 0) is 0 Å². The van der Waals surface area contributed by atoms with E-state index in [0.717, 1.165) is 22.8 Å². The van der Waals surface area contributed by atoms with Crippen molar-refractivity contribution in [1.82, 2.24) is 5.32 Å². The molecule has 0 saturated carbocycles. The molecule has 0 aliphatic rings. The van der Waals surface area contributed by atoms with Crippen molar-refractivity contribution < 1.29 is 8.78 Å². The van der Waals surface area contributed by atoms with E-state index in [1.54, 1.807) is 7.05 Å². The molecular weight excluding hydrogens is 256 g/mol. The Labute approximate surface area is 118 Å². The van der Waals surface area contributed by atoms with Crippen molar-refractivity contribution in [2.45, 2.75) is 26.8 Å². The van der Waals surface area contributed by atoms with E-state index < -0.39 is 11.6 Å². The van der Waals surface area contributed by atoms with E-state index in [2.05, 4.69) is 24.4 Å². The van der Waals surface area contributed by atoms with E-state index in [4.69, 9.17) is 0 Å². The smallest absolute Gasteiger partial charge is 0.131 e. The third-order valence-corrected chi connectivity index (χ3v) is 3.76. The van der Waals surface area contributed by atoms with Crippen LogP contribution in [0.15, 0.2) is 30.3 Å². The second-order valence-electron chi connectivity index (χ2n) is 5.18. The molecule has 0 saturated heterocycles. The molecule has 0 aliphatic carbocycles. The fraction of sp³-hybridized carbons (Fsp3) is 0.294. The summed E-state index contributed by atoms with van der Waals surface area (Å²) < 4.78 is 27.1. The molecule has 20 heavy (non-hydrogen) atoms. The summed E-state index contributed by atoms with van der Waals surface area (Å²) in [6, 6.07) is 7.59. The molecule has 0 amide bonds. The molecule has 1 nitrogen and oxygen atoms in total. The molecule has 2 rings (SSSR count). The molecular formula is C17H19F2N. The summed E-state index contributed by atoms with van der Waals surface area (Å²) in [4.78, 5) is 0. The molecule has 0 radical (unpaired) electrons. The predicted octanol–water partition coefficient (Wildman–Crippen LogP) is 4.20. The Balaban J connectivity index is 2.55. The SMILES string of the molecule is CNC(c1cc(C)c(C)cc1C)c1ccc(F)cc1F. The van der Waals surface area contributed by atoms with Crippen molar-refractivity contribution in [2.75, 3.05) is 7.05 Å². The molecule has 3 heteroatoms. The molecule has 1 unspecified atom stereocenters. The molecule has 2 aromatic carbocycles. The molecule has 0 bridgehead atoms. The number of hydrogen-bond acceptors (Lipinski definition) is 1. The Hall–Kier alpha value is -1.74. The highest BCUT2D eigenvalue weighted by molar-refractivity contribution is 5.42. The predicted molar refractivity (Wildman–Crippen MR) is 77.9 cm³/mol. The van der Waals surface area contributed by atoms with E-state index in [1.165, 1.54) is 17.7 Å². The summed E-state index contributed by atoms with van der Waals surface area (Å²) >= 11 is 0. The molecule has 0 aliphatic heterocycles. The molecule has 0 heterocycles. The van der Waals surface area contributed by atoms with Gasteiger partial charge in [-0.05, 0) is 56.1 Å². The van der Waals surface area contributed by atoms with Gasteiger partial charge in [0.2, 0.25) is 0 Å². The second-order valence-corrected chi connectivity index (χ2v) is 5.18. The topological polar surface area (TPSA) is 12.0 Å². The van der Waals surface area contributed by atoms with Gasteiger partial charge in [-0.3, -0.25) is 0 Å². The van der Waals surface area contributed by atoms with Gasteiger partial charge in [0.25, 0.3) is 0 Å². The highest BCUT2D eigenvalue weighted by Crippen LogP contribution is 2.28. The number of halogens is 2. The van der Waals surface area contributed by atoms with Gasteiger partial charge in [0.1, 0.15) is 11.6 Å². The van der Waals surface area contributed by atoms with Crippen molar-refractivity contribution in [3.63, 3.8) is 0 Å². The number of benzene rings is 2. The maximum absolute atomic E-state index is 14.0. The van der Waals surface area contributed by atoms with Crippen molar-refractivity contribution in [3.05, 3.63) is 69.8 Å². The summed E-state index contributed by atoms with van der Waals surface area (Å²) in [7, 11) is 1.78. The van der Waals surface area contributed by atoms with Crippen molar-refractivity contribution in [1.29, 1.82) is 0 Å². The molecule has 0 fully saturated rings. The lowest BCUT2D eigenvalue weighted by Gasteiger charge is -2.21. The Morgan fingerprint density at radius 2 is 1.50 bits per heavy atom. The van der Waals surface area contributed by atoms with Crippen LogP contribution in [-0.4, -0.2) is 7.05 Å². The van der Waals surface area contributed by atoms with Gasteiger partial charge in [0.05, 0.1) is 6.04 Å². The zero-order valence-corrected chi connectivity index (χ0v) is 12.2. The average Bonchev–Trinajstić information content (AvgIpc) is 2.38. The van der Waals surface area contributed by atoms with E-state index in [-0.39, 0.29) is 6.04 Å². The largest absolute Gasteiger partial charge is 0.309 e. The van der Waals surface area contributed by atoms with Gasteiger partial charge in [-0.1, -0.05) is 18.2 Å². The van der Waals surface area contributed by atoms with E-state index in [0.29, 0.717) is 5.56 Å². The summed E-state index contributed by atoms with van der Waals surface area (Å²) in [5.41, 5.74) is 4.94. The Bertz CT molecular complexity index is 635. The van der Waals surface area contributed by atoms with Gasteiger partial charge in [0.15, 0.2) is 0 Å². The lowest BCUT2D eigenvalue weighted by Crippen LogP contribution is -2.20. The minimum atomic E-state index is -0.557. The molecule has 2 aromatic rings. The van der Waals surface area contributed by atoms with Crippen LogP contribution < -0.4 is 5.32 Å². The Morgan fingerprint density at radius 1 is 0.850 bits per heavy atom. The molecule has 0 aromatic heterocycles. The zero-order valence-electron chi connectivity index (χ0n) is 12.2. The van der Waals surface area contributed by atoms with Crippen molar-refractivity contribution in [3.8, 4) is 0 Å². The first kappa shape index (κ1) is 14.7. The number of hydrogen-bond donors (Lipinski definition) is 1. The standard InChI is InChI=1S/C17H19F2N/c1-10-7-12(3)15(8-11(10)2)17(20-4)14-6-5-13(18)9-16(14)19/h5-9,17,20H,1-4H3. The van der Waals surface area contributed by atoms with Gasteiger partial charge in [-0.15, -0.1) is 0 Å². The first-order valence-corrected chi connectivity index (χ1v) is 6.64. The third kappa shape index (κ3) is 2.73. The zero-order chi connectivity index (χ0) is 14.9. The van der Waals surface area contributed by atoms with Crippen LogP contribution in [0.5, 0.6) is 0 Å². The summed E-state index contributed by atoms with van der Waals surface area (Å²) in [5.74, 6) is -1.08. The maximum atomic E-state index is 14.0.